The summed E-state index contributed by atoms with van der Waals surface area (Å²) in [7, 11) is 0. The van der Waals surface area contributed by atoms with Gasteiger partial charge in [-0.3, -0.25) is 4.90 Å². The number of para-hydroxylation sites is 2. The van der Waals surface area contributed by atoms with Gasteiger partial charge >= 0.3 is 0 Å². The molecule has 9 rings (SSSR count). The number of hydrogen-bond donors (Lipinski definition) is 0. The van der Waals surface area contributed by atoms with Crippen molar-refractivity contribution < 1.29 is 9.47 Å². The molecule has 4 nitrogen and oxygen atoms in total. The maximum atomic E-state index is 6.39. The molecule has 3 heterocycles. The summed E-state index contributed by atoms with van der Waals surface area (Å²) in [5.41, 5.74) is 9.08. The van der Waals surface area contributed by atoms with Crippen molar-refractivity contribution in [3.05, 3.63) is 158 Å². The van der Waals surface area contributed by atoms with Gasteiger partial charge in [-0.15, -0.1) is 11.3 Å². The molecule has 2 aromatic heterocycles. The summed E-state index contributed by atoms with van der Waals surface area (Å²) in [4.78, 5) is 3.37. The highest BCUT2D eigenvalue weighted by molar-refractivity contribution is 7.20. The van der Waals surface area contributed by atoms with Crippen LogP contribution < -0.4 is 14.4 Å². The molecule has 0 unspecified atom stereocenters. The van der Waals surface area contributed by atoms with Crippen LogP contribution in [0.15, 0.2) is 158 Å². The second-order valence-electron chi connectivity index (χ2n) is 11.6. The monoisotopic (exact) mass is 626 g/mol. The van der Waals surface area contributed by atoms with Gasteiger partial charge in [-0.1, -0.05) is 109 Å². The first-order valence-corrected chi connectivity index (χ1v) is 16.7. The van der Waals surface area contributed by atoms with Crippen LogP contribution in [0.4, 0.5) is 16.4 Å². The van der Waals surface area contributed by atoms with E-state index >= 15 is 0 Å². The van der Waals surface area contributed by atoms with E-state index in [1.807, 2.05) is 6.07 Å². The molecule has 5 heteroatoms. The fraction of sp³-hybridized carbons (Fsp3) is 0.0476. The minimum Gasteiger partial charge on any atom is -0.485 e. The summed E-state index contributed by atoms with van der Waals surface area (Å²) in [5.74, 6) is 1.61. The van der Waals surface area contributed by atoms with Crippen LogP contribution >= 0.6 is 11.3 Å². The Labute approximate surface area is 277 Å². The molecular formula is C42H30N2O2S. The van der Waals surface area contributed by atoms with Gasteiger partial charge in [-0.05, 0) is 65.2 Å². The molecule has 47 heavy (non-hydrogen) atoms. The Morgan fingerprint density at radius 3 is 1.57 bits per heavy atom. The molecule has 0 radical (unpaired) electrons. The summed E-state index contributed by atoms with van der Waals surface area (Å²) in [6.07, 6.45) is 0. The van der Waals surface area contributed by atoms with Gasteiger partial charge in [0, 0.05) is 27.8 Å². The molecule has 8 aromatic rings. The molecule has 0 amide bonds. The Hall–Kier alpha value is -5.78. The number of thiophene rings is 1. The second kappa shape index (κ2) is 11.5. The van der Waals surface area contributed by atoms with Gasteiger partial charge in [-0.25, -0.2) is 0 Å². The minimum absolute atomic E-state index is 0.512. The zero-order valence-electron chi connectivity index (χ0n) is 25.5. The van der Waals surface area contributed by atoms with Gasteiger partial charge in [-0.2, -0.15) is 0 Å². The maximum Gasteiger partial charge on any atom is 0.197 e. The topological polar surface area (TPSA) is 26.6 Å². The lowest BCUT2D eigenvalue weighted by Crippen LogP contribution is -2.17. The largest absolute Gasteiger partial charge is 0.485 e. The third-order valence-corrected chi connectivity index (χ3v) is 9.99. The van der Waals surface area contributed by atoms with E-state index < -0.39 is 0 Å². The van der Waals surface area contributed by atoms with E-state index in [1.165, 1.54) is 32.9 Å². The number of benzene rings is 6. The normalized spacial score (nSPS) is 12.4. The Balaban J connectivity index is 1.20. The standard InChI is InChI=1S/C42H30N2O2S/c1-3-11-29(12-4-1)30-19-21-32(22-20-30)43(42-40-39(45-27-28-46-40)41(47-42)31-13-5-2-6-14-31)33-23-25-34(26-24-33)44-37-17-9-7-15-35(37)36-16-8-10-18-38(36)44/h1-26H,27-28H2. The number of anilines is 3. The maximum absolute atomic E-state index is 6.39. The second-order valence-corrected chi connectivity index (χ2v) is 12.6. The molecule has 1 aliphatic rings. The molecule has 0 aliphatic carbocycles. The van der Waals surface area contributed by atoms with Gasteiger partial charge in [0.05, 0.1) is 15.9 Å². The SMILES string of the molecule is c1ccc(-c2ccc(N(c3ccc(-n4c5ccccc5c5ccccc54)cc3)c3sc(-c4ccccc4)c4c3OCCO4)cc2)cc1. The fourth-order valence-corrected chi connectivity index (χ4v) is 7.87. The molecule has 6 aromatic carbocycles. The lowest BCUT2D eigenvalue weighted by atomic mass is 10.1. The summed E-state index contributed by atoms with van der Waals surface area (Å²) < 4.78 is 15.0. The molecule has 226 valence electrons. The van der Waals surface area contributed by atoms with Gasteiger partial charge in [0.1, 0.15) is 18.2 Å². The Morgan fingerprint density at radius 2 is 0.957 bits per heavy atom. The predicted molar refractivity (Wildman–Crippen MR) is 195 cm³/mol. The molecule has 0 atom stereocenters. The number of fused-ring (bicyclic) bond motifs is 4. The van der Waals surface area contributed by atoms with Crippen molar-refractivity contribution in [2.45, 2.75) is 0 Å². The van der Waals surface area contributed by atoms with Crippen molar-refractivity contribution in [2.24, 2.45) is 0 Å². The molecule has 0 saturated carbocycles. The first kappa shape index (κ1) is 27.5. The zero-order valence-corrected chi connectivity index (χ0v) is 26.4. The Morgan fingerprint density at radius 1 is 0.468 bits per heavy atom. The van der Waals surface area contributed by atoms with Crippen LogP contribution in [0, 0.1) is 0 Å². The first-order valence-electron chi connectivity index (χ1n) is 15.9. The van der Waals surface area contributed by atoms with Crippen LogP contribution in [-0.4, -0.2) is 17.8 Å². The predicted octanol–water partition coefficient (Wildman–Crippen LogP) is 11.4. The molecule has 0 N–H and O–H groups in total. The van der Waals surface area contributed by atoms with Crippen molar-refractivity contribution in [1.82, 2.24) is 4.57 Å². The molecule has 0 bridgehead atoms. The van der Waals surface area contributed by atoms with Gasteiger partial charge < -0.3 is 14.0 Å². The minimum atomic E-state index is 0.512. The summed E-state index contributed by atoms with van der Waals surface area (Å²) in [6.45, 7) is 1.04. The lowest BCUT2D eigenvalue weighted by molar-refractivity contribution is 0.175. The van der Waals surface area contributed by atoms with E-state index in [0.717, 1.165) is 44.0 Å². The van der Waals surface area contributed by atoms with Crippen molar-refractivity contribution >= 4 is 49.5 Å². The number of ether oxygens (including phenoxy) is 2. The van der Waals surface area contributed by atoms with E-state index in [-0.39, 0.29) is 0 Å². The van der Waals surface area contributed by atoms with Gasteiger partial charge in [0.15, 0.2) is 11.5 Å². The quantitative estimate of drug-likeness (QED) is 0.184. The lowest BCUT2D eigenvalue weighted by Gasteiger charge is -2.26. The molecule has 0 spiro atoms. The van der Waals surface area contributed by atoms with Crippen LogP contribution in [0.25, 0.3) is 49.1 Å². The van der Waals surface area contributed by atoms with Gasteiger partial charge in [0.25, 0.3) is 0 Å². The van der Waals surface area contributed by atoms with Crippen LogP contribution in [0.1, 0.15) is 0 Å². The first-order chi connectivity index (χ1) is 23.3. The van der Waals surface area contributed by atoms with Gasteiger partial charge in [0.2, 0.25) is 0 Å². The Bertz CT molecular complexity index is 2290. The average Bonchev–Trinajstić information content (AvgIpc) is 3.70. The van der Waals surface area contributed by atoms with Crippen molar-refractivity contribution in [1.29, 1.82) is 0 Å². The molecule has 1 aliphatic heterocycles. The van der Waals surface area contributed by atoms with Crippen LogP contribution in [0.3, 0.4) is 0 Å². The molecule has 0 saturated heterocycles. The van der Waals surface area contributed by atoms with Crippen LogP contribution in [0.2, 0.25) is 0 Å². The summed E-state index contributed by atoms with van der Waals surface area (Å²) >= 11 is 1.70. The highest BCUT2D eigenvalue weighted by Crippen LogP contribution is 2.57. The summed E-state index contributed by atoms with van der Waals surface area (Å²) in [6, 6.07) is 55.8. The zero-order chi connectivity index (χ0) is 31.2. The number of rotatable bonds is 6. The number of hydrogen-bond acceptors (Lipinski definition) is 4. The number of aromatic nitrogens is 1. The summed E-state index contributed by atoms with van der Waals surface area (Å²) in [5, 5.41) is 3.50. The number of nitrogens with zero attached hydrogens (tertiary/aromatic N) is 2. The Kier molecular flexibility index (Phi) is 6.76. The van der Waals surface area contributed by atoms with Crippen molar-refractivity contribution in [3.8, 4) is 38.8 Å². The highest BCUT2D eigenvalue weighted by atomic mass is 32.1. The van der Waals surface area contributed by atoms with E-state index in [0.29, 0.717) is 13.2 Å². The van der Waals surface area contributed by atoms with Crippen LogP contribution in [0.5, 0.6) is 11.5 Å². The fourth-order valence-electron chi connectivity index (χ4n) is 6.63. The molecular weight excluding hydrogens is 597 g/mol. The third-order valence-electron chi connectivity index (χ3n) is 8.80. The van der Waals surface area contributed by atoms with Crippen LogP contribution in [-0.2, 0) is 0 Å². The van der Waals surface area contributed by atoms with E-state index in [4.69, 9.17) is 9.47 Å². The highest BCUT2D eigenvalue weighted by Gasteiger charge is 2.30. The third kappa shape index (κ3) is 4.75. The smallest absolute Gasteiger partial charge is 0.197 e. The van der Waals surface area contributed by atoms with E-state index in [2.05, 4.69) is 161 Å². The van der Waals surface area contributed by atoms with E-state index in [1.54, 1.807) is 11.3 Å². The van der Waals surface area contributed by atoms with Crippen molar-refractivity contribution in [3.63, 3.8) is 0 Å². The average molecular weight is 627 g/mol. The molecule has 0 fully saturated rings. The van der Waals surface area contributed by atoms with Crippen molar-refractivity contribution in [2.75, 3.05) is 18.1 Å². The van der Waals surface area contributed by atoms with E-state index in [9.17, 15) is 0 Å².